The number of rotatable bonds is 3. The zero-order valence-corrected chi connectivity index (χ0v) is 8.17. The summed E-state index contributed by atoms with van der Waals surface area (Å²) in [6.07, 6.45) is 4.36. The van der Waals surface area contributed by atoms with Gasteiger partial charge in [-0.2, -0.15) is 0 Å². The van der Waals surface area contributed by atoms with Crippen molar-refractivity contribution < 1.29 is 9.84 Å². The Morgan fingerprint density at radius 3 is 2.69 bits per heavy atom. The van der Waals surface area contributed by atoms with Gasteiger partial charge in [0.2, 0.25) is 0 Å². The van der Waals surface area contributed by atoms with Gasteiger partial charge in [-0.3, -0.25) is 0 Å². The van der Waals surface area contributed by atoms with Crippen LogP contribution in [0.4, 0.5) is 0 Å². The number of hydrogen-bond donors (Lipinski definition) is 1. The summed E-state index contributed by atoms with van der Waals surface area (Å²) in [5, 5.41) is 10.00. The molecule has 1 atom stereocenters. The fourth-order valence-corrected chi connectivity index (χ4v) is 2.17. The molecule has 3 heteroatoms. The van der Waals surface area contributed by atoms with E-state index >= 15 is 0 Å². The van der Waals surface area contributed by atoms with Gasteiger partial charge in [0.15, 0.2) is 0 Å². The molecule has 0 amide bonds. The maximum atomic E-state index is 10.00. The largest absolute Gasteiger partial charge is 0.387 e. The van der Waals surface area contributed by atoms with Gasteiger partial charge in [-0.05, 0) is 32.4 Å². The standard InChI is InChI=1S/C10H19NO2/c12-10(4-8-13-9-10)3-7-11-5-1-2-6-11/h12H,1-9H2. The molecule has 2 rings (SSSR count). The van der Waals surface area contributed by atoms with Crippen molar-refractivity contribution in [2.45, 2.75) is 31.3 Å². The predicted octanol–water partition coefficient (Wildman–Crippen LogP) is 0.624. The van der Waals surface area contributed by atoms with Gasteiger partial charge < -0.3 is 14.7 Å². The molecule has 1 unspecified atom stereocenters. The van der Waals surface area contributed by atoms with Crippen molar-refractivity contribution in [1.82, 2.24) is 4.90 Å². The molecule has 2 fully saturated rings. The van der Waals surface area contributed by atoms with E-state index in [9.17, 15) is 5.11 Å². The molecule has 2 aliphatic heterocycles. The minimum absolute atomic E-state index is 0.511. The van der Waals surface area contributed by atoms with E-state index < -0.39 is 5.60 Å². The molecule has 0 aromatic carbocycles. The van der Waals surface area contributed by atoms with Crippen LogP contribution in [0.3, 0.4) is 0 Å². The lowest BCUT2D eigenvalue weighted by Crippen LogP contribution is -2.34. The van der Waals surface area contributed by atoms with E-state index in [0.29, 0.717) is 6.61 Å². The van der Waals surface area contributed by atoms with Gasteiger partial charge in [-0.15, -0.1) is 0 Å². The van der Waals surface area contributed by atoms with E-state index in [0.717, 1.165) is 26.0 Å². The molecule has 0 aromatic rings. The second-order valence-corrected chi connectivity index (χ2v) is 4.33. The molecule has 0 aromatic heterocycles. The Bertz CT molecular complexity index is 160. The Hall–Kier alpha value is -0.120. The summed E-state index contributed by atoms with van der Waals surface area (Å²) >= 11 is 0. The molecular weight excluding hydrogens is 166 g/mol. The van der Waals surface area contributed by atoms with Gasteiger partial charge in [0, 0.05) is 19.6 Å². The van der Waals surface area contributed by atoms with E-state index in [4.69, 9.17) is 4.74 Å². The topological polar surface area (TPSA) is 32.7 Å². The van der Waals surface area contributed by atoms with Crippen LogP contribution in [-0.2, 0) is 4.74 Å². The van der Waals surface area contributed by atoms with Gasteiger partial charge in [0.05, 0.1) is 12.2 Å². The number of aliphatic hydroxyl groups is 1. The maximum Gasteiger partial charge on any atom is 0.0914 e. The third-order valence-corrected chi connectivity index (χ3v) is 3.17. The van der Waals surface area contributed by atoms with Gasteiger partial charge in [0.25, 0.3) is 0 Å². The summed E-state index contributed by atoms with van der Waals surface area (Å²) in [4.78, 5) is 2.44. The average Bonchev–Trinajstić information content (AvgIpc) is 2.72. The van der Waals surface area contributed by atoms with Gasteiger partial charge in [-0.25, -0.2) is 0 Å². The number of hydrogen-bond acceptors (Lipinski definition) is 3. The molecule has 0 spiro atoms. The van der Waals surface area contributed by atoms with E-state index in [1.807, 2.05) is 0 Å². The number of ether oxygens (including phenoxy) is 1. The fraction of sp³-hybridized carbons (Fsp3) is 1.00. The van der Waals surface area contributed by atoms with E-state index in [2.05, 4.69) is 4.90 Å². The molecule has 0 bridgehead atoms. The summed E-state index contributed by atoms with van der Waals surface area (Å²) in [6, 6.07) is 0. The fourth-order valence-electron chi connectivity index (χ4n) is 2.17. The Balaban J connectivity index is 1.71. The normalized spacial score (nSPS) is 35.8. The Labute approximate surface area is 79.7 Å². The molecule has 0 saturated carbocycles. The first kappa shape index (κ1) is 9.44. The first-order valence-corrected chi connectivity index (χ1v) is 5.31. The van der Waals surface area contributed by atoms with Crippen molar-refractivity contribution in [3.05, 3.63) is 0 Å². The van der Waals surface area contributed by atoms with E-state index in [-0.39, 0.29) is 0 Å². The zero-order chi connectivity index (χ0) is 9.15. The van der Waals surface area contributed by atoms with Crippen molar-refractivity contribution in [1.29, 1.82) is 0 Å². The minimum atomic E-state index is -0.511. The summed E-state index contributed by atoms with van der Waals surface area (Å²) in [7, 11) is 0. The van der Waals surface area contributed by atoms with Crippen molar-refractivity contribution in [3.8, 4) is 0 Å². The quantitative estimate of drug-likeness (QED) is 0.700. The smallest absolute Gasteiger partial charge is 0.0914 e. The van der Waals surface area contributed by atoms with Crippen molar-refractivity contribution in [3.63, 3.8) is 0 Å². The highest BCUT2D eigenvalue weighted by Crippen LogP contribution is 2.23. The van der Waals surface area contributed by atoms with Crippen LogP contribution in [0.5, 0.6) is 0 Å². The predicted molar refractivity (Wildman–Crippen MR) is 50.7 cm³/mol. The average molecular weight is 185 g/mol. The Morgan fingerprint density at radius 1 is 1.31 bits per heavy atom. The van der Waals surface area contributed by atoms with Gasteiger partial charge >= 0.3 is 0 Å². The van der Waals surface area contributed by atoms with E-state index in [1.54, 1.807) is 0 Å². The van der Waals surface area contributed by atoms with Crippen molar-refractivity contribution in [2.75, 3.05) is 32.8 Å². The molecule has 2 heterocycles. The van der Waals surface area contributed by atoms with Crippen LogP contribution < -0.4 is 0 Å². The van der Waals surface area contributed by atoms with Gasteiger partial charge in [0.1, 0.15) is 0 Å². The van der Waals surface area contributed by atoms with Crippen LogP contribution in [0.2, 0.25) is 0 Å². The van der Waals surface area contributed by atoms with Crippen LogP contribution in [-0.4, -0.2) is 48.5 Å². The number of likely N-dealkylation sites (tertiary alicyclic amines) is 1. The molecule has 0 aliphatic carbocycles. The first-order chi connectivity index (χ1) is 6.29. The number of nitrogens with zero attached hydrogens (tertiary/aromatic N) is 1. The molecule has 2 aliphatic rings. The monoisotopic (exact) mass is 185 g/mol. The second kappa shape index (κ2) is 3.95. The Morgan fingerprint density at radius 2 is 2.08 bits per heavy atom. The molecule has 13 heavy (non-hydrogen) atoms. The molecular formula is C10H19NO2. The lowest BCUT2D eigenvalue weighted by Gasteiger charge is -2.23. The van der Waals surface area contributed by atoms with Crippen molar-refractivity contribution in [2.24, 2.45) is 0 Å². The highest BCUT2D eigenvalue weighted by atomic mass is 16.5. The molecule has 2 saturated heterocycles. The SMILES string of the molecule is OC1(CCN2CCCC2)CCOC1. The van der Waals surface area contributed by atoms with E-state index in [1.165, 1.54) is 25.9 Å². The molecule has 3 nitrogen and oxygen atoms in total. The van der Waals surface area contributed by atoms with Crippen LogP contribution in [0, 0.1) is 0 Å². The lowest BCUT2D eigenvalue weighted by atomic mass is 9.99. The van der Waals surface area contributed by atoms with Crippen LogP contribution >= 0.6 is 0 Å². The van der Waals surface area contributed by atoms with Crippen molar-refractivity contribution >= 4 is 0 Å². The second-order valence-electron chi connectivity index (χ2n) is 4.33. The molecule has 1 N–H and O–H groups in total. The summed E-state index contributed by atoms with van der Waals surface area (Å²) in [5.74, 6) is 0. The first-order valence-electron chi connectivity index (χ1n) is 5.31. The van der Waals surface area contributed by atoms with Gasteiger partial charge in [-0.1, -0.05) is 0 Å². The van der Waals surface area contributed by atoms with Crippen LogP contribution in [0.15, 0.2) is 0 Å². The third kappa shape index (κ3) is 2.42. The summed E-state index contributed by atoms with van der Waals surface area (Å²) in [5.41, 5.74) is -0.511. The highest BCUT2D eigenvalue weighted by molar-refractivity contribution is 4.84. The molecule has 0 radical (unpaired) electrons. The summed E-state index contributed by atoms with van der Waals surface area (Å²) in [6.45, 7) is 4.76. The summed E-state index contributed by atoms with van der Waals surface area (Å²) < 4.78 is 5.21. The Kier molecular flexibility index (Phi) is 2.86. The molecule has 76 valence electrons. The minimum Gasteiger partial charge on any atom is -0.387 e. The highest BCUT2D eigenvalue weighted by Gasteiger charge is 2.32. The van der Waals surface area contributed by atoms with Crippen LogP contribution in [0.25, 0.3) is 0 Å². The zero-order valence-electron chi connectivity index (χ0n) is 8.17. The third-order valence-electron chi connectivity index (χ3n) is 3.17. The lowest BCUT2D eigenvalue weighted by molar-refractivity contribution is 0.0126. The van der Waals surface area contributed by atoms with Crippen LogP contribution in [0.1, 0.15) is 25.7 Å². The maximum absolute atomic E-state index is 10.00.